The summed E-state index contributed by atoms with van der Waals surface area (Å²) in [6, 6.07) is 11.9. The fourth-order valence-corrected chi connectivity index (χ4v) is 3.15. The van der Waals surface area contributed by atoms with E-state index in [0.29, 0.717) is 5.69 Å². The minimum absolute atomic E-state index is 0.0446. The summed E-state index contributed by atoms with van der Waals surface area (Å²) in [6.07, 6.45) is 0. The van der Waals surface area contributed by atoms with Crippen molar-refractivity contribution in [2.24, 2.45) is 0 Å². The SMILES string of the molecule is CC(NS(=O)(=O)c1ccccc1)C(=O)Nc1ccc(OC(F)F)cc1. The van der Waals surface area contributed by atoms with E-state index in [1.54, 1.807) is 18.2 Å². The highest BCUT2D eigenvalue weighted by atomic mass is 32.2. The molecule has 0 aliphatic carbocycles. The van der Waals surface area contributed by atoms with Crippen LogP contribution in [0.3, 0.4) is 0 Å². The van der Waals surface area contributed by atoms with Crippen LogP contribution in [0.5, 0.6) is 5.75 Å². The summed E-state index contributed by atoms with van der Waals surface area (Å²) >= 11 is 0. The van der Waals surface area contributed by atoms with Crippen LogP contribution in [0.25, 0.3) is 0 Å². The molecule has 1 atom stereocenters. The molecule has 0 spiro atoms. The van der Waals surface area contributed by atoms with E-state index in [9.17, 15) is 22.0 Å². The molecular weight excluding hydrogens is 354 g/mol. The molecule has 1 unspecified atom stereocenters. The highest BCUT2D eigenvalue weighted by Crippen LogP contribution is 2.18. The molecule has 2 rings (SSSR count). The zero-order chi connectivity index (χ0) is 18.4. The lowest BCUT2D eigenvalue weighted by Gasteiger charge is -2.14. The van der Waals surface area contributed by atoms with Crippen LogP contribution in [0.1, 0.15) is 6.92 Å². The molecule has 2 aromatic rings. The van der Waals surface area contributed by atoms with Crippen molar-refractivity contribution < 1.29 is 26.7 Å². The molecule has 2 N–H and O–H groups in total. The molecular formula is C16H16F2N2O4S. The van der Waals surface area contributed by atoms with Crippen molar-refractivity contribution in [2.45, 2.75) is 24.5 Å². The second kappa shape index (κ2) is 8.04. The van der Waals surface area contributed by atoms with E-state index >= 15 is 0 Å². The number of amides is 1. The molecule has 0 aliphatic heterocycles. The van der Waals surface area contributed by atoms with Crippen LogP contribution >= 0.6 is 0 Å². The van der Waals surface area contributed by atoms with Crippen molar-refractivity contribution in [3.8, 4) is 5.75 Å². The van der Waals surface area contributed by atoms with E-state index in [0.717, 1.165) is 0 Å². The third kappa shape index (κ3) is 5.50. The summed E-state index contributed by atoms with van der Waals surface area (Å²) in [7, 11) is -3.83. The van der Waals surface area contributed by atoms with Crippen molar-refractivity contribution in [1.29, 1.82) is 0 Å². The Morgan fingerprint density at radius 1 is 1.04 bits per heavy atom. The van der Waals surface area contributed by atoms with Crippen LogP contribution in [-0.2, 0) is 14.8 Å². The quantitative estimate of drug-likeness (QED) is 0.785. The van der Waals surface area contributed by atoms with Crippen molar-refractivity contribution in [3.63, 3.8) is 0 Å². The van der Waals surface area contributed by atoms with Gasteiger partial charge in [-0.25, -0.2) is 8.42 Å². The maximum Gasteiger partial charge on any atom is 0.387 e. The summed E-state index contributed by atoms with van der Waals surface area (Å²) in [4.78, 5) is 12.1. The van der Waals surface area contributed by atoms with Gasteiger partial charge in [-0.15, -0.1) is 0 Å². The van der Waals surface area contributed by atoms with Crippen molar-refractivity contribution in [1.82, 2.24) is 4.72 Å². The van der Waals surface area contributed by atoms with Crippen molar-refractivity contribution >= 4 is 21.6 Å². The van der Waals surface area contributed by atoms with Gasteiger partial charge in [0.2, 0.25) is 15.9 Å². The lowest BCUT2D eigenvalue weighted by Crippen LogP contribution is -2.41. The topological polar surface area (TPSA) is 84.5 Å². The van der Waals surface area contributed by atoms with E-state index in [4.69, 9.17) is 0 Å². The van der Waals surface area contributed by atoms with E-state index < -0.39 is 28.6 Å². The predicted octanol–water partition coefficient (Wildman–Crippen LogP) is 2.59. The first-order valence-corrected chi connectivity index (χ1v) is 8.69. The molecule has 0 radical (unpaired) electrons. The Morgan fingerprint density at radius 2 is 1.64 bits per heavy atom. The van der Waals surface area contributed by atoms with Crippen LogP contribution in [0.4, 0.5) is 14.5 Å². The second-order valence-corrected chi connectivity index (χ2v) is 6.76. The Labute approximate surface area is 143 Å². The normalized spacial score (nSPS) is 12.6. The number of hydrogen-bond donors (Lipinski definition) is 2. The molecule has 0 aromatic heterocycles. The van der Waals surface area contributed by atoms with Gasteiger partial charge in [-0.1, -0.05) is 18.2 Å². The van der Waals surface area contributed by atoms with E-state index in [1.165, 1.54) is 43.3 Å². The minimum atomic E-state index is -3.83. The highest BCUT2D eigenvalue weighted by Gasteiger charge is 2.21. The largest absolute Gasteiger partial charge is 0.435 e. The summed E-state index contributed by atoms with van der Waals surface area (Å²) in [6.45, 7) is -1.54. The number of alkyl halides is 2. The molecule has 0 fully saturated rings. The maximum absolute atomic E-state index is 12.2. The standard InChI is InChI=1S/C16H16F2N2O4S/c1-11(20-25(22,23)14-5-3-2-4-6-14)15(21)19-12-7-9-13(10-8-12)24-16(17)18/h2-11,16,20H,1H3,(H,19,21). The first-order chi connectivity index (χ1) is 11.8. The van der Waals surface area contributed by atoms with Gasteiger partial charge in [-0.05, 0) is 43.3 Å². The summed E-state index contributed by atoms with van der Waals surface area (Å²) in [5.74, 6) is -0.645. The Morgan fingerprint density at radius 3 is 2.20 bits per heavy atom. The van der Waals surface area contributed by atoms with Gasteiger partial charge >= 0.3 is 6.61 Å². The monoisotopic (exact) mass is 370 g/mol. The molecule has 9 heteroatoms. The zero-order valence-electron chi connectivity index (χ0n) is 13.1. The van der Waals surface area contributed by atoms with Crippen LogP contribution in [0.2, 0.25) is 0 Å². The van der Waals surface area contributed by atoms with Crippen LogP contribution in [0.15, 0.2) is 59.5 Å². The number of benzene rings is 2. The number of anilines is 1. The molecule has 1 amide bonds. The number of halogens is 2. The van der Waals surface area contributed by atoms with Crippen LogP contribution in [-0.4, -0.2) is 27.0 Å². The Kier molecular flexibility index (Phi) is 6.05. The maximum atomic E-state index is 12.2. The number of carbonyl (C=O) groups is 1. The fourth-order valence-electron chi connectivity index (χ4n) is 1.92. The van der Waals surface area contributed by atoms with E-state index in [1.807, 2.05) is 0 Å². The number of ether oxygens (including phenoxy) is 1. The summed E-state index contributed by atoms with van der Waals surface area (Å²) < 4.78 is 55.0. The number of hydrogen-bond acceptors (Lipinski definition) is 4. The number of nitrogens with one attached hydrogen (secondary N) is 2. The highest BCUT2D eigenvalue weighted by molar-refractivity contribution is 7.89. The summed E-state index contributed by atoms with van der Waals surface area (Å²) in [5, 5.41) is 2.49. The first-order valence-electron chi connectivity index (χ1n) is 7.21. The summed E-state index contributed by atoms with van der Waals surface area (Å²) in [5.41, 5.74) is 0.317. The number of rotatable bonds is 7. The molecule has 2 aromatic carbocycles. The number of carbonyl (C=O) groups excluding carboxylic acids is 1. The van der Waals surface area contributed by atoms with Gasteiger partial charge in [0.25, 0.3) is 0 Å². The van der Waals surface area contributed by atoms with E-state index in [-0.39, 0.29) is 10.6 Å². The lowest BCUT2D eigenvalue weighted by molar-refractivity contribution is -0.117. The molecule has 0 bridgehead atoms. The van der Waals surface area contributed by atoms with Gasteiger partial charge in [0, 0.05) is 5.69 Å². The lowest BCUT2D eigenvalue weighted by atomic mass is 10.2. The van der Waals surface area contributed by atoms with Gasteiger partial charge in [0.05, 0.1) is 10.9 Å². The van der Waals surface area contributed by atoms with Crippen molar-refractivity contribution in [3.05, 3.63) is 54.6 Å². The molecule has 0 heterocycles. The average Bonchev–Trinajstić information content (AvgIpc) is 2.56. The van der Waals surface area contributed by atoms with Crippen molar-refractivity contribution in [2.75, 3.05) is 5.32 Å². The Hall–Kier alpha value is -2.52. The van der Waals surface area contributed by atoms with Gasteiger partial charge in [-0.2, -0.15) is 13.5 Å². The molecule has 6 nitrogen and oxygen atoms in total. The third-order valence-corrected chi connectivity index (χ3v) is 4.68. The Balaban J connectivity index is 1.98. The van der Waals surface area contributed by atoms with Gasteiger partial charge < -0.3 is 10.1 Å². The zero-order valence-corrected chi connectivity index (χ0v) is 14.0. The molecule has 0 saturated heterocycles. The minimum Gasteiger partial charge on any atom is -0.435 e. The fraction of sp³-hybridized carbons (Fsp3) is 0.188. The van der Waals surface area contributed by atoms with Crippen LogP contribution < -0.4 is 14.8 Å². The molecule has 25 heavy (non-hydrogen) atoms. The number of sulfonamides is 1. The average molecular weight is 370 g/mol. The Bertz CT molecular complexity index is 812. The third-order valence-electron chi connectivity index (χ3n) is 3.13. The van der Waals surface area contributed by atoms with Gasteiger partial charge in [0.15, 0.2) is 0 Å². The van der Waals surface area contributed by atoms with Gasteiger partial charge in [-0.3, -0.25) is 4.79 Å². The second-order valence-electron chi connectivity index (χ2n) is 5.05. The first kappa shape index (κ1) is 18.8. The van der Waals surface area contributed by atoms with Crippen LogP contribution in [0, 0.1) is 0 Å². The van der Waals surface area contributed by atoms with E-state index in [2.05, 4.69) is 14.8 Å². The molecule has 134 valence electrons. The smallest absolute Gasteiger partial charge is 0.387 e. The molecule has 0 aliphatic rings. The predicted molar refractivity (Wildman–Crippen MR) is 87.9 cm³/mol. The molecule has 0 saturated carbocycles. The van der Waals surface area contributed by atoms with Gasteiger partial charge in [0.1, 0.15) is 5.75 Å².